The summed E-state index contributed by atoms with van der Waals surface area (Å²) < 4.78 is 12.5. The second-order valence-electron chi connectivity index (χ2n) is 7.61. The van der Waals surface area contributed by atoms with Gasteiger partial charge in [-0.2, -0.15) is 0 Å². The van der Waals surface area contributed by atoms with Crippen LogP contribution in [0.4, 0.5) is 16.2 Å². The molecule has 168 valence electrons. The number of nitrogens with zero attached hydrogens (tertiary/aromatic N) is 2. The van der Waals surface area contributed by atoms with E-state index in [1.54, 1.807) is 43.6 Å². The largest absolute Gasteiger partial charge is 0.495 e. The SMILES string of the molecule is COc1ccc(C)cc1NC(=O)Nc1ccc(OCc2cc(=O)n3ccc(C)cc3n2)cc1. The number of hydrogen-bond acceptors (Lipinski definition) is 5. The lowest BCUT2D eigenvalue weighted by atomic mass is 10.2. The Balaban J connectivity index is 1.38. The summed E-state index contributed by atoms with van der Waals surface area (Å²) >= 11 is 0. The number of rotatable bonds is 6. The first-order valence-electron chi connectivity index (χ1n) is 10.4. The molecule has 0 radical (unpaired) electrons. The lowest BCUT2D eigenvalue weighted by Crippen LogP contribution is -2.19. The molecule has 0 aliphatic carbocycles. The molecule has 0 bridgehead atoms. The van der Waals surface area contributed by atoms with Crippen LogP contribution in [0.25, 0.3) is 5.65 Å². The molecule has 4 rings (SSSR count). The predicted molar refractivity (Wildman–Crippen MR) is 127 cm³/mol. The third-order valence-electron chi connectivity index (χ3n) is 4.98. The number of ether oxygens (including phenoxy) is 2. The summed E-state index contributed by atoms with van der Waals surface area (Å²) in [6, 6.07) is 17.3. The van der Waals surface area contributed by atoms with Gasteiger partial charge in [0.05, 0.1) is 18.5 Å². The minimum atomic E-state index is -0.385. The molecule has 2 aromatic carbocycles. The lowest BCUT2D eigenvalue weighted by molar-refractivity contribution is 0.262. The molecular weight excluding hydrogens is 420 g/mol. The van der Waals surface area contributed by atoms with Gasteiger partial charge in [-0.15, -0.1) is 0 Å². The Morgan fingerprint density at radius 1 is 0.970 bits per heavy atom. The molecule has 33 heavy (non-hydrogen) atoms. The fourth-order valence-electron chi connectivity index (χ4n) is 3.32. The van der Waals surface area contributed by atoms with Crippen molar-refractivity contribution in [3.8, 4) is 11.5 Å². The van der Waals surface area contributed by atoms with Crippen LogP contribution in [0.1, 0.15) is 16.8 Å². The minimum Gasteiger partial charge on any atom is -0.495 e. The second-order valence-corrected chi connectivity index (χ2v) is 7.61. The van der Waals surface area contributed by atoms with E-state index in [-0.39, 0.29) is 18.2 Å². The molecule has 0 atom stereocenters. The monoisotopic (exact) mass is 444 g/mol. The Labute approximate surface area is 190 Å². The van der Waals surface area contributed by atoms with Gasteiger partial charge in [-0.25, -0.2) is 9.78 Å². The quantitative estimate of drug-likeness (QED) is 0.455. The number of aromatic nitrogens is 2. The Kier molecular flexibility index (Phi) is 6.26. The lowest BCUT2D eigenvalue weighted by Gasteiger charge is -2.12. The van der Waals surface area contributed by atoms with Gasteiger partial charge in [0.1, 0.15) is 23.8 Å². The summed E-state index contributed by atoms with van der Waals surface area (Å²) in [6.07, 6.45) is 1.71. The highest BCUT2D eigenvalue weighted by atomic mass is 16.5. The van der Waals surface area contributed by atoms with E-state index in [2.05, 4.69) is 15.6 Å². The first-order chi connectivity index (χ1) is 15.9. The number of nitrogens with one attached hydrogen (secondary N) is 2. The van der Waals surface area contributed by atoms with Gasteiger partial charge < -0.3 is 20.1 Å². The summed E-state index contributed by atoms with van der Waals surface area (Å²) in [5.74, 6) is 1.17. The van der Waals surface area contributed by atoms with E-state index in [1.807, 2.05) is 38.1 Å². The van der Waals surface area contributed by atoms with Gasteiger partial charge in [-0.05, 0) is 73.5 Å². The molecule has 2 heterocycles. The number of aryl methyl sites for hydroxylation is 2. The number of anilines is 2. The van der Waals surface area contributed by atoms with Crippen molar-refractivity contribution < 1.29 is 14.3 Å². The van der Waals surface area contributed by atoms with Crippen molar-refractivity contribution >= 4 is 23.1 Å². The van der Waals surface area contributed by atoms with Gasteiger partial charge >= 0.3 is 6.03 Å². The number of amides is 2. The maximum atomic E-state index is 12.4. The maximum absolute atomic E-state index is 12.4. The van der Waals surface area contributed by atoms with Crippen molar-refractivity contribution in [1.82, 2.24) is 9.38 Å². The van der Waals surface area contributed by atoms with Crippen LogP contribution in [0.5, 0.6) is 11.5 Å². The van der Waals surface area contributed by atoms with Crippen molar-refractivity contribution in [1.29, 1.82) is 0 Å². The molecule has 2 N–H and O–H groups in total. The molecule has 0 aliphatic rings. The van der Waals surface area contributed by atoms with E-state index in [0.29, 0.717) is 34.2 Å². The van der Waals surface area contributed by atoms with Crippen LogP contribution in [0.15, 0.2) is 71.7 Å². The molecule has 0 saturated heterocycles. The molecule has 0 unspecified atom stereocenters. The van der Waals surface area contributed by atoms with Crippen LogP contribution >= 0.6 is 0 Å². The standard InChI is InChI=1S/C25H24N4O4/c1-16-4-9-22(32-3)21(12-16)28-25(31)27-18-5-7-20(8-6-18)33-15-19-14-24(30)29-11-10-17(2)13-23(29)26-19/h4-14H,15H2,1-3H3,(H2,27,28,31). The van der Waals surface area contributed by atoms with E-state index in [9.17, 15) is 9.59 Å². The minimum absolute atomic E-state index is 0.153. The molecule has 0 saturated carbocycles. The third kappa shape index (κ3) is 5.30. The molecule has 4 aromatic rings. The number of carbonyl (C=O) groups is 1. The number of fused-ring (bicyclic) bond motifs is 1. The highest BCUT2D eigenvalue weighted by Crippen LogP contribution is 2.25. The van der Waals surface area contributed by atoms with E-state index in [0.717, 1.165) is 11.1 Å². The fraction of sp³-hybridized carbons (Fsp3) is 0.160. The maximum Gasteiger partial charge on any atom is 0.323 e. The van der Waals surface area contributed by atoms with Gasteiger partial charge in [-0.1, -0.05) is 6.07 Å². The molecule has 2 amide bonds. The number of methoxy groups -OCH3 is 1. The second kappa shape index (κ2) is 9.44. The Bertz CT molecular complexity index is 1360. The van der Waals surface area contributed by atoms with Crippen molar-refractivity contribution in [2.24, 2.45) is 0 Å². The zero-order valence-electron chi connectivity index (χ0n) is 18.6. The average molecular weight is 444 g/mol. The van der Waals surface area contributed by atoms with Crippen LogP contribution in [0.2, 0.25) is 0 Å². The summed E-state index contributed by atoms with van der Waals surface area (Å²) in [6.45, 7) is 4.04. The first kappa shape index (κ1) is 21.9. The number of hydrogen-bond donors (Lipinski definition) is 2. The van der Waals surface area contributed by atoms with Gasteiger partial charge in [0.15, 0.2) is 0 Å². The number of carbonyl (C=O) groups excluding carboxylic acids is 1. The van der Waals surface area contributed by atoms with Crippen LogP contribution in [-0.2, 0) is 6.61 Å². The zero-order chi connectivity index (χ0) is 23.4. The summed E-state index contributed by atoms with van der Waals surface area (Å²) in [5, 5.41) is 5.57. The highest BCUT2D eigenvalue weighted by molar-refractivity contribution is 6.00. The normalized spacial score (nSPS) is 10.6. The van der Waals surface area contributed by atoms with Crippen molar-refractivity contribution in [2.45, 2.75) is 20.5 Å². The van der Waals surface area contributed by atoms with Gasteiger partial charge in [0.25, 0.3) is 5.56 Å². The first-order valence-corrected chi connectivity index (χ1v) is 10.4. The Morgan fingerprint density at radius 2 is 1.73 bits per heavy atom. The molecule has 0 spiro atoms. The van der Waals surface area contributed by atoms with Crippen LogP contribution in [0.3, 0.4) is 0 Å². The smallest absolute Gasteiger partial charge is 0.323 e. The van der Waals surface area contributed by atoms with Gasteiger partial charge in [0, 0.05) is 18.0 Å². The molecule has 0 aliphatic heterocycles. The molecule has 8 heteroatoms. The topological polar surface area (TPSA) is 94.0 Å². The number of benzene rings is 2. The van der Waals surface area contributed by atoms with Crippen molar-refractivity contribution in [3.63, 3.8) is 0 Å². The zero-order valence-corrected chi connectivity index (χ0v) is 18.6. The van der Waals surface area contributed by atoms with E-state index >= 15 is 0 Å². The predicted octanol–water partition coefficient (Wildman–Crippen LogP) is 4.54. The summed E-state index contributed by atoms with van der Waals surface area (Å²) in [4.78, 5) is 29.1. The van der Waals surface area contributed by atoms with E-state index < -0.39 is 0 Å². The van der Waals surface area contributed by atoms with E-state index in [1.165, 1.54) is 10.5 Å². The number of pyridine rings is 1. The number of urea groups is 1. The fourth-order valence-corrected chi connectivity index (χ4v) is 3.32. The third-order valence-corrected chi connectivity index (χ3v) is 4.98. The van der Waals surface area contributed by atoms with E-state index in [4.69, 9.17) is 9.47 Å². The molecule has 2 aromatic heterocycles. The summed E-state index contributed by atoms with van der Waals surface area (Å²) in [5.41, 5.74) is 4.18. The Hall–Kier alpha value is -4.33. The Morgan fingerprint density at radius 3 is 2.48 bits per heavy atom. The average Bonchev–Trinajstić information content (AvgIpc) is 2.78. The molecular formula is C25H24N4O4. The molecule has 0 fully saturated rings. The van der Waals surface area contributed by atoms with Crippen molar-refractivity contribution in [3.05, 3.63) is 94.0 Å². The van der Waals surface area contributed by atoms with Gasteiger partial charge in [-0.3, -0.25) is 9.20 Å². The van der Waals surface area contributed by atoms with Crippen molar-refractivity contribution in [2.75, 3.05) is 17.7 Å². The molecule has 8 nitrogen and oxygen atoms in total. The van der Waals surface area contributed by atoms with Gasteiger partial charge in [0.2, 0.25) is 0 Å². The highest BCUT2D eigenvalue weighted by Gasteiger charge is 2.09. The van der Waals surface area contributed by atoms with Crippen LogP contribution in [-0.4, -0.2) is 22.5 Å². The summed E-state index contributed by atoms with van der Waals surface area (Å²) in [7, 11) is 1.55. The van der Waals surface area contributed by atoms with Crippen LogP contribution in [0, 0.1) is 13.8 Å². The van der Waals surface area contributed by atoms with Crippen LogP contribution < -0.4 is 25.7 Å².